The molecule has 0 radical (unpaired) electrons. The van der Waals surface area contributed by atoms with Crippen LogP contribution in [-0.4, -0.2) is 48.0 Å². The molecule has 7 heteroatoms. The third kappa shape index (κ3) is 4.75. The summed E-state index contributed by atoms with van der Waals surface area (Å²) in [7, 11) is 3.62. The van der Waals surface area contributed by atoms with Gasteiger partial charge in [-0.1, -0.05) is 19.3 Å². The van der Waals surface area contributed by atoms with E-state index >= 15 is 0 Å². The highest BCUT2D eigenvalue weighted by Gasteiger charge is 2.33. The summed E-state index contributed by atoms with van der Waals surface area (Å²) in [5.41, 5.74) is 0.347. The van der Waals surface area contributed by atoms with Gasteiger partial charge in [0.05, 0.1) is 6.54 Å². The van der Waals surface area contributed by atoms with Gasteiger partial charge in [0.15, 0.2) is 11.8 Å². The van der Waals surface area contributed by atoms with Gasteiger partial charge in [-0.3, -0.25) is 4.99 Å². The van der Waals surface area contributed by atoms with Crippen molar-refractivity contribution in [3.8, 4) is 0 Å². The van der Waals surface area contributed by atoms with Crippen LogP contribution < -0.4 is 10.6 Å². The van der Waals surface area contributed by atoms with Crippen molar-refractivity contribution in [2.75, 3.05) is 27.3 Å². The summed E-state index contributed by atoms with van der Waals surface area (Å²) < 4.78 is 7.61. The molecule has 2 heterocycles. The quantitative estimate of drug-likeness (QED) is 0.575. The van der Waals surface area contributed by atoms with Crippen molar-refractivity contribution < 1.29 is 4.74 Å². The number of rotatable bonds is 7. The summed E-state index contributed by atoms with van der Waals surface area (Å²) in [6, 6.07) is 0. The first-order chi connectivity index (χ1) is 12.8. The minimum Gasteiger partial charge on any atom is -0.385 e. The third-order valence-electron chi connectivity index (χ3n) is 5.96. The summed E-state index contributed by atoms with van der Waals surface area (Å²) in [4.78, 5) is 4.40. The van der Waals surface area contributed by atoms with E-state index in [9.17, 15) is 0 Å². The van der Waals surface area contributed by atoms with Crippen molar-refractivity contribution >= 4 is 5.96 Å². The molecule has 1 aromatic heterocycles. The first kappa shape index (κ1) is 19.1. The summed E-state index contributed by atoms with van der Waals surface area (Å²) in [6.07, 6.45) is 11.1. The smallest absolute Gasteiger partial charge is 0.191 e. The molecule has 146 valence electrons. The highest BCUT2D eigenvalue weighted by atomic mass is 16.5. The second-order valence-corrected chi connectivity index (χ2v) is 7.72. The van der Waals surface area contributed by atoms with Crippen LogP contribution in [0.2, 0.25) is 0 Å². The summed E-state index contributed by atoms with van der Waals surface area (Å²) >= 11 is 0. The predicted octanol–water partition coefficient (Wildman–Crippen LogP) is 2.27. The number of nitrogens with zero attached hydrogens (tertiary/aromatic N) is 4. The monoisotopic (exact) mass is 362 g/mol. The van der Waals surface area contributed by atoms with Crippen LogP contribution in [0.3, 0.4) is 0 Å². The topological polar surface area (TPSA) is 76.4 Å². The molecular formula is C19H34N6O. The van der Waals surface area contributed by atoms with Crippen LogP contribution in [0, 0.1) is 5.41 Å². The fourth-order valence-corrected chi connectivity index (χ4v) is 4.29. The van der Waals surface area contributed by atoms with Crippen LogP contribution in [-0.2, 0) is 24.2 Å². The van der Waals surface area contributed by atoms with Crippen LogP contribution in [0.5, 0.6) is 0 Å². The van der Waals surface area contributed by atoms with Crippen LogP contribution in [0.1, 0.15) is 63.0 Å². The van der Waals surface area contributed by atoms with E-state index in [-0.39, 0.29) is 0 Å². The molecule has 7 nitrogen and oxygen atoms in total. The minimum atomic E-state index is 0.347. The fraction of sp³-hybridized carbons (Fsp3) is 0.842. The number of ether oxygens (including phenoxy) is 1. The zero-order valence-electron chi connectivity index (χ0n) is 16.4. The molecule has 0 atom stereocenters. The van der Waals surface area contributed by atoms with E-state index in [1.165, 1.54) is 44.9 Å². The first-order valence-electron chi connectivity index (χ1n) is 10.1. The molecule has 26 heavy (non-hydrogen) atoms. The van der Waals surface area contributed by atoms with Crippen LogP contribution in [0.4, 0.5) is 0 Å². The number of aliphatic imine (C=N–C) groups is 1. The van der Waals surface area contributed by atoms with E-state index in [2.05, 4.69) is 30.4 Å². The molecule has 0 saturated heterocycles. The number of hydrogen-bond donors (Lipinski definition) is 2. The molecule has 2 N–H and O–H groups in total. The highest BCUT2D eigenvalue weighted by Crippen LogP contribution is 2.40. The van der Waals surface area contributed by atoms with E-state index in [1.54, 1.807) is 7.11 Å². The van der Waals surface area contributed by atoms with Gasteiger partial charge in [-0.15, -0.1) is 10.2 Å². The van der Waals surface area contributed by atoms with Gasteiger partial charge in [-0.05, 0) is 37.5 Å². The van der Waals surface area contributed by atoms with Gasteiger partial charge in [0.1, 0.15) is 5.82 Å². The molecule has 0 amide bonds. The highest BCUT2D eigenvalue weighted by molar-refractivity contribution is 5.79. The van der Waals surface area contributed by atoms with Crippen molar-refractivity contribution in [2.24, 2.45) is 10.4 Å². The molecule has 1 saturated carbocycles. The molecule has 0 aromatic carbocycles. The molecule has 1 aromatic rings. The second-order valence-electron chi connectivity index (χ2n) is 7.72. The van der Waals surface area contributed by atoms with Crippen LogP contribution >= 0.6 is 0 Å². The molecule has 0 unspecified atom stereocenters. The maximum absolute atomic E-state index is 5.33. The second kappa shape index (κ2) is 9.35. The van der Waals surface area contributed by atoms with Gasteiger partial charge in [-0.2, -0.15) is 0 Å². The van der Waals surface area contributed by atoms with Gasteiger partial charge >= 0.3 is 0 Å². The maximum atomic E-state index is 5.33. The van der Waals surface area contributed by atoms with E-state index in [0.29, 0.717) is 12.0 Å². The Morgan fingerprint density at radius 3 is 2.77 bits per heavy atom. The SMILES string of the molecule is CN=C(NCc1nnc2n1CCCCC2)NCC1(CCOC)CCCC1. The summed E-state index contributed by atoms with van der Waals surface area (Å²) in [5, 5.41) is 15.7. The average molecular weight is 363 g/mol. The Labute approximate surface area is 157 Å². The maximum Gasteiger partial charge on any atom is 0.191 e. The van der Waals surface area contributed by atoms with Crippen molar-refractivity contribution in [2.45, 2.75) is 70.9 Å². The zero-order valence-corrected chi connectivity index (χ0v) is 16.4. The van der Waals surface area contributed by atoms with Gasteiger partial charge < -0.3 is 19.9 Å². The Morgan fingerprint density at radius 1 is 1.15 bits per heavy atom. The third-order valence-corrected chi connectivity index (χ3v) is 5.96. The van der Waals surface area contributed by atoms with Gasteiger partial charge in [0.2, 0.25) is 0 Å². The number of nitrogens with one attached hydrogen (secondary N) is 2. The van der Waals surface area contributed by atoms with Gasteiger partial charge in [0.25, 0.3) is 0 Å². The number of fused-ring (bicyclic) bond motifs is 1. The van der Waals surface area contributed by atoms with Crippen molar-refractivity contribution in [3.63, 3.8) is 0 Å². The molecule has 0 bridgehead atoms. The van der Waals surface area contributed by atoms with Crippen molar-refractivity contribution in [3.05, 3.63) is 11.6 Å². The number of aryl methyl sites for hydroxylation is 1. The standard InChI is InChI=1S/C19H34N6O/c1-20-18(22-15-19(11-13-26-2)9-5-6-10-19)21-14-17-24-23-16-8-4-3-7-12-25(16)17/h3-15H2,1-2H3,(H2,20,21,22). The molecule has 1 aliphatic carbocycles. The Bertz CT molecular complexity index is 591. The number of guanidine groups is 1. The molecule has 2 aliphatic rings. The lowest BCUT2D eigenvalue weighted by molar-refractivity contribution is 0.138. The lowest BCUT2D eigenvalue weighted by atomic mass is 9.83. The molecule has 1 fully saturated rings. The van der Waals surface area contributed by atoms with Crippen LogP contribution in [0.15, 0.2) is 4.99 Å². The summed E-state index contributed by atoms with van der Waals surface area (Å²) in [5.74, 6) is 2.99. The Hall–Kier alpha value is -1.63. The fourth-order valence-electron chi connectivity index (χ4n) is 4.29. The normalized spacial score (nSPS) is 19.8. The van der Waals surface area contributed by atoms with Crippen LogP contribution in [0.25, 0.3) is 0 Å². The molecule has 3 rings (SSSR count). The Morgan fingerprint density at radius 2 is 2.00 bits per heavy atom. The molecule has 0 spiro atoms. The number of hydrogen-bond acceptors (Lipinski definition) is 4. The lowest BCUT2D eigenvalue weighted by Crippen LogP contribution is -2.43. The van der Waals surface area contributed by atoms with Gasteiger partial charge in [0, 0.05) is 40.3 Å². The van der Waals surface area contributed by atoms with E-state index < -0.39 is 0 Å². The minimum absolute atomic E-state index is 0.347. The lowest BCUT2D eigenvalue weighted by Gasteiger charge is -2.29. The zero-order chi connectivity index (χ0) is 18.2. The Kier molecular flexibility index (Phi) is 6.88. The Balaban J connectivity index is 1.53. The number of methoxy groups -OCH3 is 1. The molecule has 1 aliphatic heterocycles. The van der Waals surface area contributed by atoms with E-state index in [1.807, 2.05) is 7.05 Å². The summed E-state index contributed by atoms with van der Waals surface area (Å²) in [6.45, 7) is 3.48. The molecular weight excluding hydrogens is 328 g/mol. The first-order valence-corrected chi connectivity index (χ1v) is 10.1. The van der Waals surface area contributed by atoms with Gasteiger partial charge in [-0.25, -0.2) is 0 Å². The predicted molar refractivity (Wildman–Crippen MR) is 103 cm³/mol. The largest absolute Gasteiger partial charge is 0.385 e. The number of aromatic nitrogens is 3. The van der Waals surface area contributed by atoms with Crippen molar-refractivity contribution in [1.82, 2.24) is 25.4 Å². The van der Waals surface area contributed by atoms with E-state index in [4.69, 9.17) is 4.74 Å². The average Bonchev–Trinajstić information content (AvgIpc) is 3.21. The van der Waals surface area contributed by atoms with E-state index in [0.717, 1.165) is 50.1 Å². The van der Waals surface area contributed by atoms with Crippen molar-refractivity contribution in [1.29, 1.82) is 0 Å².